The number of phenolic OH excluding ortho intramolecular Hbond substituents is 1. The van der Waals surface area contributed by atoms with E-state index in [0.29, 0.717) is 5.69 Å². The summed E-state index contributed by atoms with van der Waals surface area (Å²) in [5.41, 5.74) is 7.57. The third-order valence-electron chi connectivity index (χ3n) is 2.86. The van der Waals surface area contributed by atoms with Crippen LogP contribution in [0.4, 0.5) is 5.69 Å². The summed E-state index contributed by atoms with van der Waals surface area (Å²) in [6.07, 6.45) is 0. The van der Waals surface area contributed by atoms with Gasteiger partial charge in [0.25, 0.3) is 5.91 Å². The van der Waals surface area contributed by atoms with Crippen LogP contribution in [0.2, 0.25) is 5.02 Å². The highest BCUT2D eigenvalue weighted by molar-refractivity contribution is 6.34. The first-order valence-electron chi connectivity index (χ1n) is 6.13. The van der Waals surface area contributed by atoms with Gasteiger partial charge in [0.15, 0.2) is 0 Å². The fourth-order valence-electron chi connectivity index (χ4n) is 1.79. The number of benzene rings is 2. The SMILES string of the molecule is CC(N)c1cccc(NC(=O)c2cc(O)ccc2Cl)c1. The molecule has 0 heterocycles. The van der Waals surface area contributed by atoms with Gasteiger partial charge >= 0.3 is 0 Å². The number of phenols is 1. The second kappa shape index (κ2) is 5.94. The fraction of sp³-hybridized carbons (Fsp3) is 0.133. The zero-order valence-corrected chi connectivity index (χ0v) is 11.7. The number of nitrogens with one attached hydrogen (secondary N) is 1. The molecule has 104 valence electrons. The van der Waals surface area contributed by atoms with Crippen LogP contribution in [-0.2, 0) is 0 Å². The summed E-state index contributed by atoms with van der Waals surface area (Å²) in [6.45, 7) is 1.87. The van der Waals surface area contributed by atoms with E-state index in [-0.39, 0.29) is 28.3 Å². The van der Waals surface area contributed by atoms with Crippen molar-refractivity contribution in [2.75, 3.05) is 5.32 Å². The maximum Gasteiger partial charge on any atom is 0.257 e. The number of halogens is 1. The first kappa shape index (κ1) is 14.4. The van der Waals surface area contributed by atoms with Crippen molar-refractivity contribution in [3.8, 4) is 5.75 Å². The second-order valence-corrected chi connectivity index (χ2v) is 4.94. The monoisotopic (exact) mass is 290 g/mol. The molecule has 0 bridgehead atoms. The Hall–Kier alpha value is -2.04. The summed E-state index contributed by atoms with van der Waals surface area (Å²) in [4.78, 5) is 12.1. The van der Waals surface area contributed by atoms with E-state index < -0.39 is 0 Å². The van der Waals surface area contributed by atoms with Crippen molar-refractivity contribution in [2.45, 2.75) is 13.0 Å². The normalized spacial score (nSPS) is 11.9. The van der Waals surface area contributed by atoms with Crippen LogP contribution >= 0.6 is 11.6 Å². The van der Waals surface area contributed by atoms with E-state index in [2.05, 4.69) is 5.32 Å². The maximum atomic E-state index is 12.1. The van der Waals surface area contributed by atoms with Gasteiger partial charge < -0.3 is 16.2 Å². The lowest BCUT2D eigenvalue weighted by atomic mass is 10.1. The quantitative estimate of drug-likeness (QED) is 0.812. The lowest BCUT2D eigenvalue weighted by Gasteiger charge is -2.10. The summed E-state index contributed by atoms with van der Waals surface area (Å²) < 4.78 is 0. The molecule has 2 rings (SSSR count). The molecule has 5 heteroatoms. The fourth-order valence-corrected chi connectivity index (χ4v) is 1.99. The van der Waals surface area contributed by atoms with Crippen LogP contribution in [0.3, 0.4) is 0 Å². The molecule has 2 aromatic carbocycles. The van der Waals surface area contributed by atoms with Crippen molar-refractivity contribution in [3.05, 3.63) is 58.6 Å². The molecule has 0 aliphatic rings. The molecule has 1 amide bonds. The molecule has 4 N–H and O–H groups in total. The van der Waals surface area contributed by atoms with Crippen molar-refractivity contribution in [3.63, 3.8) is 0 Å². The molecule has 0 aromatic heterocycles. The predicted octanol–water partition coefficient (Wildman–Crippen LogP) is 3.32. The van der Waals surface area contributed by atoms with Gasteiger partial charge in [-0.15, -0.1) is 0 Å². The number of anilines is 1. The van der Waals surface area contributed by atoms with Crippen LogP contribution in [0.15, 0.2) is 42.5 Å². The van der Waals surface area contributed by atoms with Crippen LogP contribution < -0.4 is 11.1 Å². The maximum absolute atomic E-state index is 12.1. The largest absolute Gasteiger partial charge is 0.508 e. The molecule has 0 saturated heterocycles. The second-order valence-electron chi connectivity index (χ2n) is 4.53. The molecule has 4 nitrogen and oxygen atoms in total. The Balaban J connectivity index is 2.23. The molecule has 0 spiro atoms. The summed E-state index contributed by atoms with van der Waals surface area (Å²) in [6, 6.07) is 11.4. The Morgan fingerprint density at radius 3 is 2.75 bits per heavy atom. The number of carbonyl (C=O) groups is 1. The molecule has 0 saturated carbocycles. The van der Waals surface area contributed by atoms with Gasteiger partial charge in [-0.1, -0.05) is 23.7 Å². The van der Waals surface area contributed by atoms with Crippen LogP contribution in [0.1, 0.15) is 28.9 Å². The smallest absolute Gasteiger partial charge is 0.257 e. The van der Waals surface area contributed by atoms with Crippen molar-refractivity contribution in [2.24, 2.45) is 5.73 Å². The highest BCUT2D eigenvalue weighted by Crippen LogP contribution is 2.23. The number of carbonyl (C=O) groups excluding carboxylic acids is 1. The molecule has 0 radical (unpaired) electrons. The van der Waals surface area contributed by atoms with Crippen molar-refractivity contribution in [1.82, 2.24) is 0 Å². The third-order valence-corrected chi connectivity index (χ3v) is 3.19. The van der Waals surface area contributed by atoms with Crippen LogP contribution in [0.25, 0.3) is 0 Å². The van der Waals surface area contributed by atoms with Gasteiger partial charge in [-0.05, 0) is 42.8 Å². The summed E-state index contributed by atoms with van der Waals surface area (Å²) in [7, 11) is 0. The average molecular weight is 291 g/mol. The van der Waals surface area contributed by atoms with Gasteiger partial charge in [-0.2, -0.15) is 0 Å². The van der Waals surface area contributed by atoms with Crippen molar-refractivity contribution < 1.29 is 9.90 Å². The lowest BCUT2D eigenvalue weighted by molar-refractivity contribution is 0.102. The molecule has 2 aromatic rings. The Labute approximate surface area is 122 Å². The number of nitrogens with two attached hydrogens (primary N) is 1. The molecule has 1 unspecified atom stereocenters. The Morgan fingerprint density at radius 2 is 2.05 bits per heavy atom. The summed E-state index contributed by atoms with van der Waals surface area (Å²) >= 11 is 5.95. The highest BCUT2D eigenvalue weighted by atomic mass is 35.5. The van der Waals surface area contributed by atoms with Crippen molar-refractivity contribution in [1.29, 1.82) is 0 Å². The number of hydrogen-bond acceptors (Lipinski definition) is 3. The lowest BCUT2D eigenvalue weighted by Crippen LogP contribution is -2.13. The predicted molar refractivity (Wildman–Crippen MR) is 80.1 cm³/mol. The van der Waals surface area contributed by atoms with Crippen molar-refractivity contribution >= 4 is 23.2 Å². The Kier molecular flexibility index (Phi) is 4.27. The van der Waals surface area contributed by atoms with E-state index in [1.54, 1.807) is 12.1 Å². The summed E-state index contributed by atoms with van der Waals surface area (Å²) in [5.74, 6) is -0.392. The van der Waals surface area contributed by atoms with Gasteiger partial charge in [-0.3, -0.25) is 4.79 Å². The average Bonchev–Trinajstić information content (AvgIpc) is 2.41. The molecule has 0 aliphatic heterocycles. The Bertz CT molecular complexity index is 642. The molecule has 1 atom stereocenters. The topological polar surface area (TPSA) is 75.3 Å². The van der Waals surface area contributed by atoms with Gasteiger partial charge in [0.2, 0.25) is 0 Å². The highest BCUT2D eigenvalue weighted by Gasteiger charge is 2.12. The minimum absolute atomic E-state index is 0.0103. The van der Waals surface area contributed by atoms with Gasteiger partial charge in [0.05, 0.1) is 10.6 Å². The zero-order chi connectivity index (χ0) is 14.7. The van der Waals surface area contributed by atoms with Crippen LogP contribution in [0, 0.1) is 0 Å². The van der Waals surface area contributed by atoms with Crippen LogP contribution in [0.5, 0.6) is 5.75 Å². The minimum Gasteiger partial charge on any atom is -0.508 e. The third kappa shape index (κ3) is 3.29. The molecule has 0 fully saturated rings. The standard InChI is InChI=1S/C15H15ClN2O2/c1-9(17)10-3-2-4-11(7-10)18-15(20)13-8-12(19)5-6-14(13)16/h2-9,19H,17H2,1H3,(H,18,20). The Morgan fingerprint density at radius 1 is 1.30 bits per heavy atom. The van der Waals surface area contributed by atoms with Crippen LogP contribution in [-0.4, -0.2) is 11.0 Å². The van der Waals surface area contributed by atoms with E-state index in [1.807, 2.05) is 19.1 Å². The first-order chi connectivity index (χ1) is 9.47. The van der Waals surface area contributed by atoms with Gasteiger partial charge in [0, 0.05) is 11.7 Å². The number of rotatable bonds is 3. The van der Waals surface area contributed by atoms with E-state index in [0.717, 1.165) is 5.56 Å². The van der Waals surface area contributed by atoms with E-state index in [4.69, 9.17) is 17.3 Å². The number of aromatic hydroxyl groups is 1. The first-order valence-corrected chi connectivity index (χ1v) is 6.50. The zero-order valence-electron chi connectivity index (χ0n) is 10.9. The molecule has 20 heavy (non-hydrogen) atoms. The molecular formula is C15H15ClN2O2. The van der Waals surface area contributed by atoms with E-state index >= 15 is 0 Å². The van der Waals surface area contributed by atoms with Gasteiger partial charge in [-0.25, -0.2) is 0 Å². The summed E-state index contributed by atoms with van der Waals surface area (Å²) in [5, 5.41) is 12.4. The van der Waals surface area contributed by atoms with E-state index in [9.17, 15) is 9.90 Å². The molecular weight excluding hydrogens is 276 g/mol. The van der Waals surface area contributed by atoms with E-state index in [1.165, 1.54) is 18.2 Å². The number of hydrogen-bond donors (Lipinski definition) is 3. The number of amides is 1. The minimum atomic E-state index is -0.382. The van der Waals surface area contributed by atoms with Gasteiger partial charge in [0.1, 0.15) is 5.75 Å². The molecule has 0 aliphatic carbocycles.